The van der Waals surface area contributed by atoms with Crippen molar-refractivity contribution in [1.82, 2.24) is 25.1 Å². The lowest BCUT2D eigenvalue weighted by Gasteiger charge is -2.16. The smallest absolute Gasteiger partial charge is 0.198 e. The van der Waals surface area contributed by atoms with Crippen LogP contribution in [0, 0.1) is 0 Å². The Morgan fingerprint density at radius 3 is 2.58 bits per heavy atom. The highest BCUT2D eigenvalue weighted by atomic mass is 35.5. The largest absolute Gasteiger partial charge is 0.382 e. The predicted octanol–water partition coefficient (Wildman–Crippen LogP) is 4.20. The van der Waals surface area contributed by atoms with E-state index in [9.17, 15) is 4.79 Å². The Kier molecular flexibility index (Phi) is 5.13. The summed E-state index contributed by atoms with van der Waals surface area (Å²) in [5.74, 6) is 0.0190. The number of rotatable bonds is 5. The van der Waals surface area contributed by atoms with Crippen molar-refractivity contribution in [3.8, 4) is 22.5 Å². The number of fused-ring (bicyclic) bond motifs is 1. The normalized spacial score (nSPS) is 14.4. The van der Waals surface area contributed by atoms with Crippen LogP contribution < -0.4 is 5.73 Å². The number of nitrogens with zero attached hydrogens (tertiary/aromatic N) is 4. The van der Waals surface area contributed by atoms with Crippen LogP contribution in [-0.2, 0) is 0 Å². The number of hydrogen-bond donors (Lipinski definition) is 2. The van der Waals surface area contributed by atoms with Gasteiger partial charge < -0.3 is 5.73 Å². The second kappa shape index (κ2) is 8.09. The first-order valence-corrected chi connectivity index (χ1v) is 10.6. The van der Waals surface area contributed by atoms with E-state index in [-0.39, 0.29) is 17.3 Å². The molecule has 8 heteroatoms. The molecule has 156 valence electrons. The molecule has 3 heterocycles. The molecule has 0 spiro atoms. The van der Waals surface area contributed by atoms with Crippen LogP contribution in [0.25, 0.3) is 33.4 Å². The van der Waals surface area contributed by atoms with Gasteiger partial charge in [-0.05, 0) is 38.1 Å². The fourth-order valence-electron chi connectivity index (χ4n) is 4.02. The summed E-state index contributed by atoms with van der Waals surface area (Å²) in [6.07, 6.45) is 3.92. The van der Waals surface area contributed by atoms with Gasteiger partial charge in [-0.15, -0.1) is 0 Å². The molecule has 5 rings (SSSR count). The maximum absolute atomic E-state index is 13.0. The number of aromatic nitrogens is 4. The molecule has 0 saturated carbocycles. The fraction of sp³-hybridized carbons (Fsp3) is 0.217. The molecule has 2 aromatic heterocycles. The van der Waals surface area contributed by atoms with Crippen molar-refractivity contribution in [2.24, 2.45) is 0 Å². The number of carbonyl (C=O) groups is 1. The molecule has 0 atom stereocenters. The van der Waals surface area contributed by atoms with Crippen LogP contribution in [0.4, 0.5) is 5.82 Å². The molecule has 0 amide bonds. The molecule has 1 fully saturated rings. The van der Waals surface area contributed by atoms with Gasteiger partial charge in [-0.1, -0.05) is 41.9 Å². The Bertz CT molecular complexity index is 1260. The van der Waals surface area contributed by atoms with Crippen molar-refractivity contribution >= 4 is 34.1 Å². The molecule has 2 aromatic carbocycles. The fourth-order valence-corrected chi connectivity index (χ4v) is 4.29. The highest BCUT2D eigenvalue weighted by Gasteiger charge is 2.23. The minimum Gasteiger partial charge on any atom is -0.382 e. The summed E-state index contributed by atoms with van der Waals surface area (Å²) in [4.78, 5) is 24.5. The summed E-state index contributed by atoms with van der Waals surface area (Å²) in [5, 5.41) is 8.34. The van der Waals surface area contributed by atoms with Gasteiger partial charge in [0.15, 0.2) is 17.3 Å². The van der Waals surface area contributed by atoms with E-state index in [0.29, 0.717) is 23.0 Å². The number of nitrogens with one attached hydrogen (secondary N) is 1. The maximum Gasteiger partial charge on any atom is 0.198 e. The number of halogens is 1. The number of hydrogen-bond acceptors (Lipinski definition) is 6. The van der Waals surface area contributed by atoms with E-state index in [1.165, 1.54) is 0 Å². The lowest BCUT2D eigenvalue weighted by Crippen LogP contribution is -2.28. The number of likely N-dealkylation sites (tertiary alicyclic amines) is 1. The molecule has 0 bridgehead atoms. The van der Waals surface area contributed by atoms with Crippen LogP contribution in [0.1, 0.15) is 23.3 Å². The third-order valence-electron chi connectivity index (χ3n) is 5.57. The number of aromatic amines is 1. The van der Waals surface area contributed by atoms with Gasteiger partial charge in [0, 0.05) is 16.5 Å². The topological polar surface area (TPSA) is 101 Å². The van der Waals surface area contributed by atoms with Crippen molar-refractivity contribution in [2.45, 2.75) is 12.8 Å². The minimum atomic E-state index is -0.122. The Hall–Kier alpha value is -3.29. The Morgan fingerprint density at radius 1 is 1.06 bits per heavy atom. The Morgan fingerprint density at radius 2 is 1.81 bits per heavy atom. The second-order valence-corrected chi connectivity index (χ2v) is 8.13. The summed E-state index contributed by atoms with van der Waals surface area (Å²) in [6, 6.07) is 13.4. The first-order chi connectivity index (χ1) is 15.1. The number of benzene rings is 2. The van der Waals surface area contributed by atoms with Gasteiger partial charge in [-0.2, -0.15) is 5.10 Å². The molecular weight excluding hydrogens is 412 g/mol. The number of carbonyl (C=O) groups excluding carboxylic acids is 1. The van der Waals surface area contributed by atoms with Gasteiger partial charge in [0.2, 0.25) is 0 Å². The van der Waals surface area contributed by atoms with Crippen molar-refractivity contribution in [2.75, 3.05) is 25.4 Å². The van der Waals surface area contributed by atoms with Crippen LogP contribution in [0.2, 0.25) is 5.02 Å². The minimum absolute atomic E-state index is 0.122. The third-order valence-corrected chi connectivity index (χ3v) is 5.87. The summed E-state index contributed by atoms with van der Waals surface area (Å²) in [6.45, 7) is 2.13. The van der Waals surface area contributed by atoms with E-state index in [1.54, 1.807) is 6.20 Å². The standard InChI is InChI=1S/C23H21ClN6O/c24-17-11-15(10-16-12-26-29-19(16)17)21-20(14-6-2-1-3-7-14)28-23(25)22(27-21)18(31)13-30-8-4-5-9-30/h1-3,6-7,10-12H,4-5,8-9,13H2,(H2,25,28)(H,26,29). The van der Waals surface area contributed by atoms with Gasteiger partial charge >= 0.3 is 0 Å². The first kappa shape index (κ1) is 19.7. The van der Waals surface area contributed by atoms with Gasteiger partial charge in [-0.3, -0.25) is 14.8 Å². The molecular formula is C23H21ClN6O. The lowest BCUT2D eigenvalue weighted by molar-refractivity contribution is 0.0941. The molecule has 3 N–H and O–H groups in total. The predicted molar refractivity (Wildman–Crippen MR) is 122 cm³/mol. The van der Waals surface area contributed by atoms with E-state index >= 15 is 0 Å². The number of anilines is 1. The maximum atomic E-state index is 13.0. The van der Waals surface area contributed by atoms with Crippen molar-refractivity contribution < 1.29 is 4.79 Å². The zero-order valence-corrected chi connectivity index (χ0v) is 17.6. The highest BCUT2D eigenvalue weighted by Crippen LogP contribution is 2.35. The molecule has 31 heavy (non-hydrogen) atoms. The zero-order valence-electron chi connectivity index (χ0n) is 16.8. The second-order valence-electron chi connectivity index (χ2n) is 7.72. The molecule has 7 nitrogen and oxygen atoms in total. The molecule has 0 radical (unpaired) electrons. The quantitative estimate of drug-likeness (QED) is 0.458. The molecule has 1 aliphatic rings. The Labute approximate surface area is 184 Å². The summed E-state index contributed by atoms with van der Waals surface area (Å²) in [5.41, 5.74) is 9.96. The number of nitrogens with two attached hydrogens (primary N) is 1. The van der Waals surface area contributed by atoms with Crippen molar-refractivity contribution in [1.29, 1.82) is 0 Å². The average Bonchev–Trinajstić information content (AvgIpc) is 3.46. The van der Waals surface area contributed by atoms with Crippen molar-refractivity contribution in [3.63, 3.8) is 0 Å². The van der Waals surface area contributed by atoms with Crippen LogP contribution in [-0.4, -0.2) is 50.5 Å². The molecule has 1 aliphatic heterocycles. The average molecular weight is 433 g/mol. The third kappa shape index (κ3) is 3.78. The van der Waals surface area contributed by atoms with Gasteiger partial charge in [0.1, 0.15) is 0 Å². The van der Waals surface area contributed by atoms with Gasteiger partial charge in [0.05, 0.1) is 34.7 Å². The van der Waals surface area contributed by atoms with E-state index < -0.39 is 0 Å². The van der Waals surface area contributed by atoms with E-state index in [1.807, 2.05) is 42.5 Å². The first-order valence-electron chi connectivity index (χ1n) is 10.2. The summed E-state index contributed by atoms with van der Waals surface area (Å²) < 4.78 is 0. The number of H-pyrrole nitrogens is 1. The van der Waals surface area contributed by atoms with Crippen LogP contribution in [0.15, 0.2) is 48.7 Å². The van der Waals surface area contributed by atoms with E-state index in [4.69, 9.17) is 22.3 Å². The lowest BCUT2D eigenvalue weighted by atomic mass is 10.0. The number of Topliss-reactive ketones (excluding diaryl/α,β-unsaturated/α-hetero) is 1. The van der Waals surface area contributed by atoms with Crippen LogP contribution in [0.3, 0.4) is 0 Å². The molecule has 0 aliphatic carbocycles. The van der Waals surface area contributed by atoms with Crippen molar-refractivity contribution in [3.05, 3.63) is 59.4 Å². The molecule has 4 aromatic rings. The summed E-state index contributed by atoms with van der Waals surface area (Å²) >= 11 is 6.48. The SMILES string of the molecule is Nc1nc(-c2ccccc2)c(-c2cc(Cl)c3[nH]ncc3c2)nc1C(=O)CN1CCCC1. The number of ketones is 1. The van der Waals surface area contributed by atoms with Crippen LogP contribution >= 0.6 is 11.6 Å². The monoisotopic (exact) mass is 432 g/mol. The Balaban J connectivity index is 1.66. The summed E-state index contributed by atoms with van der Waals surface area (Å²) in [7, 11) is 0. The van der Waals surface area contributed by atoms with E-state index in [0.717, 1.165) is 48.0 Å². The van der Waals surface area contributed by atoms with Gasteiger partial charge in [0.25, 0.3) is 0 Å². The van der Waals surface area contributed by atoms with Crippen LogP contribution in [0.5, 0.6) is 0 Å². The highest BCUT2D eigenvalue weighted by molar-refractivity contribution is 6.35. The molecule has 1 saturated heterocycles. The zero-order chi connectivity index (χ0) is 21.4. The van der Waals surface area contributed by atoms with Gasteiger partial charge in [-0.25, -0.2) is 9.97 Å². The van der Waals surface area contributed by atoms with E-state index in [2.05, 4.69) is 20.1 Å². The molecule has 0 unspecified atom stereocenters. The number of nitrogen functional groups attached to an aromatic ring is 1.